The highest BCUT2D eigenvalue weighted by Crippen LogP contribution is 2.49. The highest BCUT2D eigenvalue weighted by molar-refractivity contribution is 6.04. The second kappa shape index (κ2) is 10.5. The number of unbranched alkanes of at least 4 members (excludes halogenated alkanes) is 2. The molecule has 1 aliphatic carbocycles. The van der Waals surface area contributed by atoms with Crippen LogP contribution in [0.1, 0.15) is 71.3 Å². The lowest BCUT2D eigenvalue weighted by molar-refractivity contribution is -0.139. The highest BCUT2D eigenvalue weighted by Gasteiger charge is 2.43. The number of methoxy groups -OCH3 is 3. The van der Waals surface area contributed by atoms with Crippen LogP contribution in [0.15, 0.2) is 34.7 Å². The molecular weight excluding hydrogens is 434 g/mol. The maximum atomic E-state index is 13.5. The summed E-state index contributed by atoms with van der Waals surface area (Å²) in [4.78, 5) is 26.8. The van der Waals surface area contributed by atoms with Gasteiger partial charge in [0.05, 0.1) is 33.5 Å². The molecule has 186 valence electrons. The zero-order chi connectivity index (χ0) is 25.0. The van der Waals surface area contributed by atoms with Gasteiger partial charge < -0.3 is 24.3 Å². The Hall–Kier alpha value is -2.96. The number of ketones is 1. The van der Waals surface area contributed by atoms with Gasteiger partial charge in [0.15, 0.2) is 17.3 Å². The molecule has 1 heterocycles. The van der Waals surface area contributed by atoms with Gasteiger partial charge in [-0.1, -0.05) is 33.6 Å². The Kier molecular flexibility index (Phi) is 7.95. The summed E-state index contributed by atoms with van der Waals surface area (Å²) in [6.07, 6.45) is 3.95. The normalized spacial score (nSPS) is 19.4. The molecule has 0 saturated heterocycles. The van der Waals surface area contributed by atoms with Crippen LogP contribution in [-0.4, -0.2) is 39.7 Å². The maximum Gasteiger partial charge on any atom is 0.336 e. The van der Waals surface area contributed by atoms with E-state index in [-0.39, 0.29) is 11.2 Å². The van der Waals surface area contributed by atoms with Gasteiger partial charge in [-0.3, -0.25) is 4.79 Å². The molecule has 1 atom stereocenters. The Bertz CT molecular complexity index is 995. The van der Waals surface area contributed by atoms with Gasteiger partial charge in [0.25, 0.3) is 0 Å². The third kappa shape index (κ3) is 5.08. The minimum atomic E-state index is -0.591. The van der Waals surface area contributed by atoms with E-state index in [1.807, 2.05) is 19.1 Å². The van der Waals surface area contributed by atoms with Crippen LogP contribution in [-0.2, 0) is 14.3 Å². The van der Waals surface area contributed by atoms with Crippen LogP contribution >= 0.6 is 0 Å². The standard InChI is InChI=1S/C27H37NO6/c1-8-9-10-11-34-26(30)22-16(2)28-18-14-27(3,4)15-19(29)24(18)23(22)17-12-20(31-5)25(33-7)21(13-17)32-6/h12-13,23,28H,8-11,14-15H2,1-7H3/t23-/m1/s1. The molecule has 1 aromatic rings. The van der Waals surface area contributed by atoms with Gasteiger partial charge in [-0.05, 0) is 42.9 Å². The van der Waals surface area contributed by atoms with E-state index in [1.165, 1.54) is 0 Å². The molecule has 0 fully saturated rings. The van der Waals surface area contributed by atoms with Crippen molar-refractivity contribution in [1.29, 1.82) is 0 Å². The number of hydrogen-bond donors (Lipinski definition) is 1. The third-order valence-corrected chi connectivity index (χ3v) is 6.46. The Morgan fingerprint density at radius 2 is 1.71 bits per heavy atom. The summed E-state index contributed by atoms with van der Waals surface area (Å²) in [6, 6.07) is 3.62. The van der Waals surface area contributed by atoms with E-state index in [2.05, 4.69) is 26.1 Å². The molecule has 0 radical (unpaired) electrons. The van der Waals surface area contributed by atoms with Crippen molar-refractivity contribution in [3.05, 3.63) is 40.2 Å². The number of ether oxygens (including phenoxy) is 4. The molecule has 7 nitrogen and oxygen atoms in total. The molecule has 0 amide bonds. The molecule has 1 aromatic carbocycles. The number of carbonyl (C=O) groups excluding carboxylic acids is 2. The molecule has 0 aromatic heterocycles. The zero-order valence-corrected chi connectivity index (χ0v) is 21.4. The minimum Gasteiger partial charge on any atom is -0.493 e. The molecule has 2 aliphatic rings. The summed E-state index contributed by atoms with van der Waals surface area (Å²) in [6.45, 7) is 8.48. The van der Waals surface area contributed by atoms with Gasteiger partial charge in [0, 0.05) is 29.3 Å². The molecule has 0 bridgehead atoms. The van der Waals surface area contributed by atoms with Crippen molar-refractivity contribution in [2.75, 3.05) is 27.9 Å². The van der Waals surface area contributed by atoms with E-state index in [0.717, 1.165) is 30.5 Å². The molecule has 1 aliphatic heterocycles. The minimum absolute atomic E-state index is 0.0290. The van der Waals surface area contributed by atoms with E-state index < -0.39 is 11.9 Å². The average Bonchev–Trinajstić information content (AvgIpc) is 2.78. The van der Waals surface area contributed by atoms with Crippen molar-refractivity contribution >= 4 is 11.8 Å². The predicted molar refractivity (Wildman–Crippen MR) is 130 cm³/mol. The summed E-state index contributed by atoms with van der Waals surface area (Å²) in [7, 11) is 4.64. The number of carbonyl (C=O) groups is 2. The number of rotatable bonds is 9. The highest BCUT2D eigenvalue weighted by atomic mass is 16.5. The van der Waals surface area contributed by atoms with Gasteiger partial charge in [-0.2, -0.15) is 0 Å². The van der Waals surface area contributed by atoms with Crippen LogP contribution in [0.3, 0.4) is 0 Å². The van der Waals surface area contributed by atoms with Crippen molar-refractivity contribution in [1.82, 2.24) is 5.32 Å². The second-order valence-corrected chi connectivity index (χ2v) is 9.73. The molecule has 3 rings (SSSR count). The largest absolute Gasteiger partial charge is 0.493 e. The molecule has 34 heavy (non-hydrogen) atoms. The number of allylic oxidation sites excluding steroid dienone is 3. The van der Waals surface area contributed by atoms with Crippen molar-refractivity contribution in [3.8, 4) is 17.2 Å². The zero-order valence-electron chi connectivity index (χ0n) is 21.4. The van der Waals surface area contributed by atoms with E-state index in [1.54, 1.807) is 21.3 Å². The summed E-state index contributed by atoms with van der Waals surface area (Å²) in [5.74, 6) is 0.416. The quantitative estimate of drug-likeness (QED) is 0.399. The Morgan fingerprint density at radius 3 is 2.26 bits per heavy atom. The predicted octanol–water partition coefficient (Wildman–Crippen LogP) is 5.05. The average molecular weight is 472 g/mol. The molecule has 0 unspecified atom stereocenters. The molecule has 0 saturated carbocycles. The lowest BCUT2D eigenvalue weighted by atomic mass is 9.68. The van der Waals surface area contributed by atoms with Crippen LogP contribution in [0, 0.1) is 5.41 Å². The van der Waals surface area contributed by atoms with Crippen LogP contribution in [0.25, 0.3) is 0 Å². The monoisotopic (exact) mass is 471 g/mol. The summed E-state index contributed by atoms with van der Waals surface area (Å²) in [5.41, 5.74) is 3.17. The summed E-state index contributed by atoms with van der Waals surface area (Å²) in [5, 5.41) is 3.37. The number of benzene rings is 1. The lowest BCUT2D eigenvalue weighted by Gasteiger charge is -2.39. The van der Waals surface area contributed by atoms with Crippen molar-refractivity contribution in [2.45, 2.75) is 65.7 Å². The Balaban J connectivity index is 2.16. The van der Waals surface area contributed by atoms with Gasteiger partial charge >= 0.3 is 5.97 Å². The van der Waals surface area contributed by atoms with Crippen LogP contribution in [0.2, 0.25) is 0 Å². The van der Waals surface area contributed by atoms with E-state index >= 15 is 0 Å². The fourth-order valence-corrected chi connectivity index (χ4v) is 4.90. The lowest BCUT2D eigenvalue weighted by Crippen LogP contribution is -2.38. The molecular formula is C27H37NO6. The van der Waals surface area contributed by atoms with Crippen LogP contribution in [0.5, 0.6) is 17.2 Å². The van der Waals surface area contributed by atoms with E-state index in [0.29, 0.717) is 53.5 Å². The summed E-state index contributed by atoms with van der Waals surface area (Å²) < 4.78 is 22.3. The van der Waals surface area contributed by atoms with Gasteiger partial charge in [0.1, 0.15) is 0 Å². The number of nitrogens with one attached hydrogen (secondary N) is 1. The topological polar surface area (TPSA) is 83.1 Å². The number of Topliss-reactive ketones (excluding diaryl/α,β-unsaturated/α-hetero) is 1. The van der Waals surface area contributed by atoms with Crippen LogP contribution < -0.4 is 19.5 Å². The Labute approximate surface area is 202 Å². The van der Waals surface area contributed by atoms with Crippen LogP contribution in [0.4, 0.5) is 0 Å². The Morgan fingerprint density at radius 1 is 1.06 bits per heavy atom. The molecule has 0 spiro atoms. The first kappa shape index (κ1) is 25.7. The number of esters is 1. The van der Waals surface area contributed by atoms with Crippen molar-refractivity contribution in [3.63, 3.8) is 0 Å². The fourth-order valence-electron chi connectivity index (χ4n) is 4.90. The third-order valence-electron chi connectivity index (χ3n) is 6.46. The first-order chi connectivity index (χ1) is 16.2. The van der Waals surface area contributed by atoms with Gasteiger partial charge in [-0.25, -0.2) is 4.79 Å². The van der Waals surface area contributed by atoms with Crippen molar-refractivity contribution in [2.24, 2.45) is 5.41 Å². The first-order valence-electron chi connectivity index (χ1n) is 11.9. The number of hydrogen-bond acceptors (Lipinski definition) is 7. The summed E-state index contributed by atoms with van der Waals surface area (Å²) >= 11 is 0. The van der Waals surface area contributed by atoms with Crippen molar-refractivity contribution < 1.29 is 28.5 Å². The SMILES string of the molecule is CCCCCOC(=O)C1=C(C)NC2=C(C(=O)CC(C)(C)C2)[C@@H]1c1cc(OC)c(OC)c(OC)c1. The maximum absolute atomic E-state index is 13.5. The molecule has 7 heteroatoms. The molecule has 1 N–H and O–H groups in total. The fraction of sp³-hybridized carbons (Fsp3) is 0.556. The second-order valence-electron chi connectivity index (χ2n) is 9.73. The van der Waals surface area contributed by atoms with Gasteiger partial charge in [0.2, 0.25) is 5.75 Å². The van der Waals surface area contributed by atoms with Gasteiger partial charge in [-0.15, -0.1) is 0 Å². The smallest absolute Gasteiger partial charge is 0.336 e. The first-order valence-corrected chi connectivity index (χ1v) is 11.9. The van der Waals surface area contributed by atoms with E-state index in [4.69, 9.17) is 18.9 Å². The number of dihydropyridines is 1. The van der Waals surface area contributed by atoms with E-state index in [9.17, 15) is 9.59 Å².